The Balaban J connectivity index is 1.56. The zero-order valence-electron chi connectivity index (χ0n) is 15.2. The standard InChI is InChI=1S/C21H22N2O3S2/c22-20-13-26-21-7-6-16(12-23-28(24,25)17-8-9-27-14-17)11-19(21)18(20)10-15-4-2-1-3-5-15/h1-9,11,14,18,20,23H,10,12-13,22H2. The number of ether oxygens (including phenoxy) is 1. The number of nitrogens with two attached hydrogens (primary N) is 1. The summed E-state index contributed by atoms with van der Waals surface area (Å²) in [4.78, 5) is 0.294. The third-order valence-electron chi connectivity index (χ3n) is 4.99. The van der Waals surface area contributed by atoms with Crippen LogP contribution in [0.2, 0.25) is 0 Å². The molecule has 0 radical (unpaired) electrons. The van der Waals surface area contributed by atoms with Crippen molar-refractivity contribution in [1.82, 2.24) is 4.72 Å². The van der Waals surface area contributed by atoms with Gasteiger partial charge in [-0.25, -0.2) is 13.1 Å². The number of benzene rings is 2. The molecule has 5 nitrogen and oxygen atoms in total. The lowest BCUT2D eigenvalue weighted by Crippen LogP contribution is -2.39. The molecule has 1 aliphatic heterocycles. The molecule has 0 spiro atoms. The first kappa shape index (κ1) is 19.1. The van der Waals surface area contributed by atoms with Crippen LogP contribution in [0.3, 0.4) is 0 Å². The van der Waals surface area contributed by atoms with Crippen LogP contribution in [0.4, 0.5) is 0 Å². The van der Waals surface area contributed by atoms with E-state index in [1.807, 2.05) is 36.4 Å². The van der Waals surface area contributed by atoms with Gasteiger partial charge in [0.25, 0.3) is 0 Å². The van der Waals surface area contributed by atoms with Gasteiger partial charge >= 0.3 is 0 Å². The number of sulfonamides is 1. The van der Waals surface area contributed by atoms with Crippen molar-refractivity contribution >= 4 is 21.4 Å². The Bertz CT molecular complexity index is 1030. The molecule has 0 amide bonds. The minimum atomic E-state index is -3.50. The van der Waals surface area contributed by atoms with Crippen LogP contribution in [0.5, 0.6) is 5.75 Å². The zero-order chi connectivity index (χ0) is 19.6. The van der Waals surface area contributed by atoms with E-state index in [2.05, 4.69) is 16.9 Å². The Hall–Kier alpha value is -2.19. The molecule has 3 N–H and O–H groups in total. The van der Waals surface area contributed by atoms with Crippen LogP contribution < -0.4 is 15.2 Å². The zero-order valence-corrected chi connectivity index (χ0v) is 16.9. The highest BCUT2D eigenvalue weighted by atomic mass is 32.2. The van der Waals surface area contributed by atoms with E-state index in [9.17, 15) is 8.42 Å². The van der Waals surface area contributed by atoms with Gasteiger partial charge < -0.3 is 10.5 Å². The Morgan fingerprint density at radius 1 is 1.11 bits per heavy atom. The highest BCUT2D eigenvalue weighted by molar-refractivity contribution is 7.89. The van der Waals surface area contributed by atoms with E-state index < -0.39 is 10.0 Å². The van der Waals surface area contributed by atoms with E-state index in [0.29, 0.717) is 11.5 Å². The van der Waals surface area contributed by atoms with Crippen molar-refractivity contribution in [1.29, 1.82) is 0 Å². The fraction of sp³-hybridized carbons (Fsp3) is 0.238. The van der Waals surface area contributed by atoms with Gasteiger partial charge in [-0.2, -0.15) is 11.3 Å². The lowest BCUT2D eigenvalue weighted by atomic mass is 9.84. The lowest BCUT2D eigenvalue weighted by Gasteiger charge is -2.32. The van der Waals surface area contributed by atoms with Gasteiger partial charge in [-0.3, -0.25) is 0 Å². The maximum atomic E-state index is 12.4. The minimum absolute atomic E-state index is 0.106. The van der Waals surface area contributed by atoms with Crippen LogP contribution in [0.15, 0.2) is 70.3 Å². The second-order valence-electron chi connectivity index (χ2n) is 6.93. The molecule has 0 aliphatic carbocycles. The van der Waals surface area contributed by atoms with E-state index in [4.69, 9.17) is 10.5 Å². The van der Waals surface area contributed by atoms with Gasteiger partial charge in [-0.15, -0.1) is 0 Å². The Morgan fingerprint density at radius 3 is 2.68 bits per heavy atom. The molecule has 3 aromatic rings. The summed E-state index contributed by atoms with van der Waals surface area (Å²) in [5, 5.41) is 3.37. The molecule has 0 fully saturated rings. The number of thiophene rings is 1. The van der Waals surface area contributed by atoms with Crippen LogP contribution in [0.25, 0.3) is 0 Å². The van der Waals surface area contributed by atoms with E-state index in [0.717, 1.165) is 23.3 Å². The van der Waals surface area contributed by atoms with Crippen LogP contribution >= 0.6 is 11.3 Å². The first-order valence-corrected chi connectivity index (χ1v) is 11.5. The minimum Gasteiger partial charge on any atom is -0.492 e. The summed E-state index contributed by atoms with van der Waals surface area (Å²) in [6, 6.07) is 17.6. The molecule has 1 aliphatic rings. The van der Waals surface area contributed by atoms with Crippen molar-refractivity contribution < 1.29 is 13.2 Å². The molecule has 2 aromatic carbocycles. The molecule has 7 heteroatoms. The average Bonchev–Trinajstić information content (AvgIpc) is 3.25. The van der Waals surface area contributed by atoms with Gasteiger partial charge in [0.2, 0.25) is 10.0 Å². The van der Waals surface area contributed by atoms with Crippen molar-refractivity contribution in [2.24, 2.45) is 5.73 Å². The summed E-state index contributed by atoms with van der Waals surface area (Å²) in [6.45, 7) is 0.702. The molecule has 1 aromatic heterocycles. The Labute approximate surface area is 169 Å². The molecular weight excluding hydrogens is 392 g/mol. The van der Waals surface area contributed by atoms with Crippen molar-refractivity contribution in [3.8, 4) is 5.75 Å². The predicted molar refractivity (Wildman–Crippen MR) is 111 cm³/mol. The SMILES string of the molecule is NC1COc2ccc(CNS(=O)(=O)c3ccsc3)cc2C1Cc1ccccc1. The Morgan fingerprint density at radius 2 is 1.93 bits per heavy atom. The van der Waals surface area contributed by atoms with Gasteiger partial charge in [0.15, 0.2) is 0 Å². The van der Waals surface area contributed by atoms with Crippen molar-refractivity contribution in [2.75, 3.05) is 6.61 Å². The number of nitrogens with one attached hydrogen (secondary N) is 1. The van der Waals surface area contributed by atoms with Crippen molar-refractivity contribution in [2.45, 2.75) is 29.8 Å². The van der Waals surface area contributed by atoms with Gasteiger partial charge in [-0.05, 0) is 40.6 Å². The summed E-state index contributed by atoms with van der Waals surface area (Å²) in [7, 11) is -3.50. The topological polar surface area (TPSA) is 81.4 Å². The fourth-order valence-electron chi connectivity index (χ4n) is 3.46. The van der Waals surface area contributed by atoms with Gasteiger partial charge in [0.1, 0.15) is 12.4 Å². The third kappa shape index (κ3) is 4.12. The van der Waals surface area contributed by atoms with Crippen LogP contribution in [-0.4, -0.2) is 21.1 Å². The molecule has 4 rings (SSSR count). The molecule has 28 heavy (non-hydrogen) atoms. The molecule has 2 unspecified atom stereocenters. The van der Waals surface area contributed by atoms with Gasteiger partial charge in [0.05, 0.1) is 4.90 Å². The van der Waals surface area contributed by atoms with Crippen LogP contribution in [0.1, 0.15) is 22.6 Å². The lowest BCUT2D eigenvalue weighted by molar-refractivity contribution is 0.238. The average molecular weight is 415 g/mol. The highest BCUT2D eigenvalue weighted by Gasteiger charge is 2.29. The summed E-state index contributed by atoms with van der Waals surface area (Å²) in [6.07, 6.45) is 0.822. The normalized spacial score (nSPS) is 19.0. The van der Waals surface area contributed by atoms with E-state index in [-0.39, 0.29) is 18.5 Å². The van der Waals surface area contributed by atoms with Gasteiger partial charge in [0, 0.05) is 23.9 Å². The van der Waals surface area contributed by atoms with Crippen molar-refractivity contribution in [3.05, 3.63) is 82.0 Å². The van der Waals surface area contributed by atoms with Crippen LogP contribution in [-0.2, 0) is 23.0 Å². The smallest absolute Gasteiger partial charge is 0.241 e. The molecule has 2 heterocycles. The molecule has 0 bridgehead atoms. The first-order valence-electron chi connectivity index (χ1n) is 9.10. The number of hydrogen-bond donors (Lipinski definition) is 2. The maximum absolute atomic E-state index is 12.4. The first-order chi connectivity index (χ1) is 13.5. The van der Waals surface area contributed by atoms with E-state index in [1.54, 1.807) is 16.8 Å². The Kier molecular flexibility index (Phi) is 5.50. The fourth-order valence-corrected chi connectivity index (χ4v) is 5.50. The second-order valence-corrected chi connectivity index (χ2v) is 9.47. The summed E-state index contributed by atoms with van der Waals surface area (Å²) >= 11 is 1.36. The number of fused-ring (bicyclic) bond motifs is 1. The summed E-state index contributed by atoms with van der Waals surface area (Å²) in [5.41, 5.74) is 9.50. The maximum Gasteiger partial charge on any atom is 0.241 e. The summed E-state index contributed by atoms with van der Waals surface area (Å²) < 4.78 is 33.2. The van der Waals surface area contributed by atoms with Gasteiger partial charge in [-0.1, -0.05) is 42.5 Å². The highest BCUT2D eigenvalue weighted by Crippen LogP contribution is 2.36. The monoisotopic (exact) mass is 414 g/mol. The number of rotatable bonds is 6. The van der Waals surface area contributed by atoms with E-state index >= 15 is 0 Å². The molecule has 0 saturated heterocycles. The third-order valence-corrected chi connectivity index (χ3v) is 7.22. The molecule has 0 saturated carbocycles. The van der Waals surface area contributed by atoms with Crippen molar-refractivity contribution in [3.63, 3.8) is 0 Å². The quantitative estimate of drug-likeness (QED) is 0.649. The van der Waals surface area contributed by atoms with Crippen LogP contribution in [0, 0.1) is 0 Å². The second kappa shape index (κ2) is 8.05. The molecule has 2 atom stereocenters. The summed E-state index contributed by atoms with van der Waals surface area (Å²) in [5.74, 6) is 0.951. The number of hydrogen-bond acceptors (Lipinski definition) is 5. The van der Waals surface area contributed by atoms with E-state index in [1.165, 1.54) is 16.9 Å². The molecular formula is C21H22N2O3S2. The molecule has 146 valence electrons. The predicted octanol–water partition coefficient (Wildman–Crippen LogP) is 3.27. The largest absolute Gasteiger partial charge is 0.492 e.